The van der Waals surface area contributed by atoms with Gasteiger partial charge in [-0.1, -0.05) is 30.3 Å². The minimum absolute atomic E-state index is 0.0319. The highest BCUT2D eigenvalue weighted by Gasteiger charge is 2.32. The van der Waals surface area contributed by atoms with E-state index in [0.29, 0.717) is 0 Å². The second-order valence-corrected chi connectivity index (χ2v) is 6.42. The number of fused-ring (bicyclic) bond motifs is 1. The largest absolute Gasteiger partial charge is 0.573 e. The van der Waals surface area contributed by atoms with Gasteiger partial charge in [0.25, 0.3) is 0 Å². The Balaban J connectivity index is 1.84. The number of aliphatic imine (C=N–C) groups is 1. The molecular weight excluding hydrogens is 383 g/mol. The van der Waals surface area contributed by atoms with Crippen LogP contribution in [0.1, 0.15) is 5.56 Å². The Labute approximate surface area is 165 Å². The number of nitrogens with two attached hydrogens (primary N) is 1. The van der Waals surface area contributed by atoms with Gasteiger partial charge >= 0.3 is 6.36 Å². The molecule has 0 aliphatic heterocycles. The lowest BCUT2D eigenvalue weighted by molar-refractivity contribution is -0.274. The van der Waals surface area contributed by atoms with Gasteiger partial charge in [0.05, 0.1) is 17.7 Å². The fourth-order valence-electron chi connectivity index (χ4n) is 2.72. The fraction of sp³-hybridized carbons (Fsp3) is 0.200. The topological polar surface area (TPSA) is 75.8 Å². The van der Waals surface area contributed by atoms with E-state index in [4.69, 9.17) is 5.73 Å². The van der Waals surface area contributed by atoms with Crippen LogP contribution in [-0.2, 0) is 6.54 Å². The molecule has 0 unspecified atom stereocenters. The minimum Gasteiger partial charge on any atom is -0.404 e. The molecule has 0 aliphatic carbocycles. The molecule has 1 aromatic heterocycles. The first-order chi connectivity index (χ1) is 13.7. The number of anilines is 2. The van der Waals surface area contributed by atoms with Crippen molar-refractivity contribution in [3.63, 3.8) is 0 Å². The number of guanidine groups is 1. The molecule has 0 spiro atoms. The Kier molecular flexibility index (Phi) is 5.76. The summed E-state index contributed by atoms with van der Waals surface area (Å²) in [6.45, 7) is 0.227. The van der Waals surface area contributed by atoms with Gasteiger partial charge in [0.2, 0.25) is 0 Å². The van der Waals surface area contributed by atoms with Crippen LogP contribution in [0.5, 0.6) is 5.75 Å². The van der Waals surface area contributed by atoms with Crippen molar-refractivity contribution in [1.29, 1.82) is 0 Å². The number of benzene rings is 2. The molecule has 9 heteroatoms. The Morgan fingerprint density at radius 1 is 1.14 bits per heavy atom. The number of ether oxygens (including phenoxy) is 1. The van der Waals surface area contributed by atoms with E-state index in [1.807, 2.05) is 49.3 Å². The zero-order valence-corrected chi connectivity index (χ0v) is 15.9. The molecule has 6 nitrogen and oxygen atoms in total. The summed E-state index contributed by atoms with van der Waals surface area (Å²) in [5, 5.41) is 3.59. The maximum absolute atomic E-state index is 12.6. The highest BCUT2D eigenvalue weighted by molar-refractivity contribution is 5.94. The molecule has 2 aromatic carbocycles. The maximum Gasteiger partial charge on any atom is 0.573 e. The summed E-state index contributed by atoms with van der Waals surface area (Å²) in [6.07, 6.45) is -4.80. The van der Waals surface area contributed by atoms with Gasteiger partial charge in [-0.3, -0.25) is 0 Å². The number of para-hydroxylation sites is 3. The number of hydrogen-bond donors (Lipinski definition) is 2. The number of alkyl halides is 3. The summed E-state index contributed by atoms with van der Waals surface area (Å²) in [6, 6.07) is 15.2. The molecule has 0 saturated carbocycles. The third-order valence-corrected chi connectivity index (χ3v) is 4.04. The molecule has 0 bridgehead atoms. The van der Waals surface area contributed by atoms with Crippen LogP contribution in [0.3, 0.4) is 0 Å². The predicted molar refractivity (Wildman–Crippen MR) is 108 cm³/mol. The van der Waals surface area contributed by atoms with Gasteiger partial charge in [-0.2, -0.15) is 0 Å². The maximum atomic E-state index is 12.6. The van der Waals surface area contributed by atoms with Crippen LogP contribution in [0, 0.1) is 0 Å². The quantitative estimate of drug-likeness (QED) is 0.495. The van der Waals surface area contributed by atoms with E-state index in [-0.39, 0.29) is 23.9 Å². The van der Waals surface area contributed by atoms with E-state index < -0.39 is 6.36 Å². The SMILES string of the molecule is CN(C)c1cc(CN=C(N)Nc2ccccc2OC(F)(F)F)c2ccccc2n1. The number of nitrogens with zero attached hydrogens (tertiary/aromatic N) is 3. The Hall–Kier alpha value is -3.49. The first-order valence-electron chi connectivity index (χ1n) is 8.70. The molecule has 0 atom stereocenters. The highest BCUT2D eigenvalue weighted by Crippen LogP contribution is 2.30. The van der Waals surface area contributed by atoms with Crippen LogP contribution in [-0.4, -0.2) is 31.4 Å². The van der Waals surface area contributed by atoms with E-state index >= 15 is 0 Å². The second-order valence-electron chi connectivity index (χ2n) is 6.42. The van der Waals surface area contributed by atoms with Crippen molar-refractivity contribution in [2.24, 2.45) is 10.7 Å². The lowest BCUT2D eigenvalue weighted by atomic mass is 10.1. The van der Waals surface area contributed by atoms with Gasteiger partial charge in [-0.05, 0) is 29.8 Å². The van der Waals surface area contributed by atoms with Crippen molar-refractivity contribution in [2.45, 2.75) is 12.9 Å². The van der Waals surface area contributed by atoms with Crippen LogP contribution < -0.4 is 20.7 Å². The average Bonchev–Trinajstić information content (AvgIpc) is 2.66. The fourth-order valence-corrected chi connectivity index (χ4v) is 2.72. The third kappa shape index (κ3) is 5.28. The van der Waals surface area contributed by atoms with E-state index in [9.17, 15) is 13.2 Å². The van der Waals surface area contributed by atoms with Gasteiger partial charge in [0, 0.05) is 19.5 Å². The summed E-state index contributed by atoms with van der Waals surface area (Å²) in [5.41, 5.74) is 7.68. The summed E-state index contributed by atoms with van der Waals surface area (Å²) in [4.78, 5) is 10.7. The number of nitrogens with one attached hydrogen (secondary N) is 1. The summed E-state index contributed by atoms with van der Waals surface area (Å²) < 4.78 is 41.7. The lowest BCUT2D eigenvalue weighted by Gasteiger charge is -2.15. The van der Waals surface area contributed by atoms with Gasteiger partial charge in [0.15, 0.2) is 11.7 Å². The number of hydrogen-bond acceptors (Lipinski definition) is 4. The lowest BCUT2D eigenvalue weighted by Crippen LogP contribution is -2.24. The first kappa shape index (κ1) is 20.2. The Bertz CT molecular complexity index is 1030. The van der Waals surface area contributed by atoms with E-state index in [1.54, 1.807) is 6.07 Å². The first-order valence-corrected chi connectivity index (χ1v) is 8.70. The van der Waals surface area contributed by atoms with Gasteiger partial charge in [0.1, 0.15) is 5.82 Å². The van der Waals surface area contributed by atoms with Crippen molar-refractivity contribution in [2.75, 3.05) is 24.3 Å². The van der Waals surface area contributed by atoms with Crippen molar-refractivity contribution in [3.05, 3.63) is 60.2 Å². The predicted octanol–water partition coefficient (Wildman–Crippen LogP) is 4.13. The molecule has 29 heavy (non-hydrogen) atoms. The summed E-state index contributed by atoms with van der Waals surface area (Å²) in [5.74, 6) is 0.349. The molecule has 152 valence electrons. The normalized spacial score (nSPS) is 12.1. The molecule has 3 N–H and O–H groups in total. The molecule has 0 fully saturated rings. The van der Waals surface area contributed by atoms with Gasteiger partial charge in [-0.25, -0.2) is 9.98 Å². The minimum atomic E-state index is -4.80. The van der Waals surface area contributed by atoms with E-state index in [1.165, 1.54) is 18.2 Å². The molecule has 3 aromatic rings. The Morgan fingerprint density at radius 2 is 1.83 bits per heavy atom. The zero-order chi connectivity index (χ0) is 21.0. The molecule has 1 heterocycles. The summed E-state index contributed by atoms with van der Waals surface area (Å²) in [7, 11) is 3.77. The van der Waals surface area contributed by atoms with Crippen LogP contribution in [0.25, 0.3) is 10.9 Å². The van der Waals surface area contributed by atoms with Gasteiger partial charge in [-0.15, -0.1) is 13.2 Å². The summed E-state index contributed by atoms with van der Waals surface area (Å²) >= 11 is 0. The number of halogens is 3. The monoisotopic (exact) mass is 403 g/mol. The molecule has 0 saturated heterocycles. The van der Waals surface area contributed by atoms with Crippen molar-refractivity contribution >= 4 is 28.4 Å². The highest BCUT2D eigenvalue weighted by atomic mass is 19.4. The van der Waals surface area contributed by atoms with E-state index in [2.05, 4.69) is 20.0 Å². The van der Waals surface area contributed by atoms with Crippen LogP contribution in [0.2, 0.25) is 0 Å². The van der Waals surface area contributed by atoms with Crippen LogP contribution >= 0.6 is 0 Å². The zero-order valence-electron chi connectivity index (χ0n) is 15.9. The van der Waals surface area contributed by atoms with E-state index in [0.717, 1.165) is 22.3 Å². The average molecular weight is 403 g/mol. The van der Waals surface area contributed by atoms with Gasteiger partial charge < -0.3 is 20.7 Å². The van der Waals surface area contributed by atoms with Crippen molar-refractivity contribution in [3.8, 4) is 5.75 Å². The number of rotatable bonds is 5. The van der Waals surface area contributed by atoms with Crippen LogP contribution in [0.15, 0.2) is 59.6 Å². The van der Waals surface area contributed by atoms with Crippen molar-refractivity contribution in [1.82, 2.24) is 4.98 Å². The number of aromatic nitrogens is 1. The van der Waals surface area contributed by atoms with Crippen molar-refractivity contribution < 1.29 is 17.9 Å². The standard InChI is InChI=1S/C20H20F3N5O/c1-28(2)18-11-13(14-7-3-4-8-15(14)26-18)12-25-19(24)27-16-9-5-6-10-17(16)29-20(21,22)23/h3-11H,12H2,1-2H3,(H3,24,25,27). The Morgan fingerprint density at radius 3 is 2.55 bits per heavy atom. The second kappa shape index (κ2) is 8.26. The molecule has 0 radical (unpaired) electrons. The molecule has 0 amide bonds. The molecule has 3 rings (SSSR count). The molecular formula is C20H20F3N5O. The third-order valence-electron chi connectivity index (χ3n) is 4.04. The van der Waals surface area contributed by atoms with Crippen LogP contribution in [0.4, 0.5) is 24.7 Å². The number of pyridine rings is 1. The molecule has 0 aliphatic rings. The smallest absolute Gasteiger partial charge is 0.404 e.